The number of allylic oxidation sites excluding steroid dienone is 1. The van der Waals surface area contributed by atoms with Gasteiger partial charge in [0.2, 0.25) is 0 Å². The summed E-state index contributed by atoms with van der Waals surface area (Å²) in [6, 6.07) is 9.48. The number of nitriles is 1. The third-order valence-corrected chi connectivity index (χ3v) is 5.50. The third kappa shape index (κ3) is 6.26. The van der Waals surface area contributed by atoms with E-state index in [4.69, 9.17) is 4.74 Å². The number of halogens is 1. The molecule has 1 amide bonds. The monoisotopic (exact) mass is 475 g/mol. The molecule has 152 valence electrons. The van der Waals surface area contributed by atoms with Gasteiger partial charge in [-0.3, -0.25) is 14.2 Å². The molecule has 0 fully saturated rings. The van der Waals surface area contributed by atoms with Gasteiger partial charge in [0.25, 0.3) is 11.5 Å². The lowest BCUT2D eigenvalue weighted by Gasteiger charge is -2.04. The van der Waals surface area contributed by atoms with Crippen molar-refractivity contribution in [2.75, 3.05) is 19.8 Å². The molecule has 29 heavy (non-hydrogen) atoms. The van der Waals surface area contributed by atoms with Crippen molar-refractivity contribution in [3.05, 3.63) is 66.5 Å². The van der Waals surface area contributed by atoms with Crippen LogP contribution in [0.1, 0.15) is 18.9 Å². The minimum atomic E-state index is -0.503. The predicted octanol–water partition coefficient (Wildman–Crippen LogP) is 1.90. The van der Waals surface area contributed by atoms with Crippen LogP contribution in [0.4, 0.5) is 0 Å². The molecule has 0 aliphatic heterocycles. The van der Waals surface area contributed by atoms with Crippen molar-refractivity contribution in [1.82, 2.24) is 9.88 Å². The number of nitrogens with one attached hydrogen (secondary N) is 1. The Morgan fingerprint density at radius 2 is 2.28 bits per heavy atom. The maximum absolute atomic E-state index is 12.9. The van der Waals surface area contributed by atoms with E-state index in [0.717, 1.165) is 21.4 Å². The highest BCUT2D eigenvalue weighted by molar-refractivity contribution is 9.10. The average Bonchev–Trinajstić information content (AvgIpc) is 2.98. The van der Waals surface area contributed by atoms with Crippen LogP contribution < -0.4 is 20.1 Å². The van der Waals surface area contributed by atoms with Crippen molar-refractivity contribution in [2.24, 2.45) is 0 Å². The molecule has 0 spiro atoms. The molecule has 1 heterocycles. The van der Waals surface area contributed by atoms with E-state index < -0.39 is 5.91 Å². The zero-order valence-corrected chi connectivity index (χ0v) is 18.5. The number of carbonyl (C=O) groups excluding carboxylic acids is 1. The first-order valence-electron chi connectivity index (χ1n) is 9.10. The van der Waals surface area contributed by atoms with Crippen molar-refractivity contribution in [1.29, 1.82) is 5.26 Å². The number of benzene rings is 1. The van der Waals surface area contributed by atoms with Crippen LogP contribution in [0, 0.1) is 11.3 Å². The van der Waals surface area contributed by atoms with E-state index in [-0.39, 0.29) is 17.7 Å². The number of hydrogen-bond acceptors (Lipinski definition) is 5. The Morgan fingerprint density at radius 3 is 2.93 bits per heavy atom. The summed E-state index contributed by atoms with van der Waals surface area (Å²) in [5.74, 6) is -0.503. The Hall–Kier alpha value is -2.47. The average molecular weight is 476 g/mol. The van der Waals surface area contributed by atoms with Crippen LogP contribution in [0.2, 0.25) is 0 Å². The van der Waals surface area contributed by atoms with Gasteiger partial charge in [-0.05, 0) is 37.1 Å². The van der Waals surface area contributed by atoms with E-state index >= 15 is 0 Å². The number of aromatic nitrogens is 1. The van der Waals surface area contributed by atoms with Crippen LogP contribution in [0.3, 0.4) is 0 Å². The van der Waals surface area contributed by atoms with Crippen molar-refractivity contribution in [3.63, 3.8) is 0 Å². The summed E-state index contributed by atoms with van der Waals surface area (Å²) < 4.78 is 8.29. The minimum Gasteiger partial charge on any atom is -0.382 e. The molecule has 0 aliphatic carbocycles. The second-order valence-electron chi connectivity index (χ2n) is 5.97. The lowest BCUT2D eigenvalue weighted by molar-refractivity contribution is -0.115. The molecule has 1 aromatic carbocycles. The predicted molar refractivity (Wildman–Crippen MR) is 119 cm³/mol. The summed E-state index contributed by atoms with van der Waals surface area (Å²) in [7, 11) is 0. The molecular weight excluding hydrogens is 454 g/mol. The van der Waals surface area contributed by atoms with E-state index in [1.165, 1.54) is 4.57 Å². The first-order chi connectivity index (χ1) is 14.0. The first-order valence-corrected chi connectivity index (χ1v) is 10.7. The highest BCUT2D eigenvalue weighted by Crippen LogP contribution is 2.11. The number of rotatable bonds is 9. The summed E-state index contributed by atoms with van der Waals surface area (Å²) >= 11 is 4.53. The fraction of sp³-hybridized carbons (Fsp3) is 0.286. The Kier molecular flexibility index (Phi) is 9.06. The third-order valence-electron chi connectivity index (χ3n) is 3.87. The molecule has 0 unspecified atom stereocenters. The van der Waals surface area contributed by atoms with Crippen molar-refractivity contribution in [2.45, 2.75) is 19.9 Å². The highest BCUT2D eigenvalue weighted by atomic mass is 79.9. The SMILES string of the molecule is C=CCn1c(=C(C#N)C(=O)NCCCOCC)sc(=Cc2cccc(Br)c2)c1=O. The highest BCUT2D eigenvalue weighted by Gasteiger charge is 2.15. The lowest BCUT2D eigenvalue weighted by Crippen LogP contribution is -2.35. The second kappa shape index (κ2) is 11.5. The number of thiazole rings is 1. The van der Waals surface area contributed by atoms with Crippen molar-refractivity contribution in [3.8, 4) is 6.07 Å². The number of amides is 1. The van der Waals surface area contributed by atoms with Crippen LogP contribution in [-0.4, -0.2) is 30.2 Å². The first kappa shape index (κ1) is 22.8. The van der Waals surface area contributed by atoms with Gasteiger partial charge in [0.15, 0.2) is 5.57 Å². The van der Waals surface area contributed by atoms with E-state index in [1.807, 2.05) is 37.3 Å². The standard InChI is InChI=1S/C21H22BrN3O3S/c1-3-10-25-20(27)18(13-15-7-5-8-16(22)12-15)29-21(25)17(14-23)19(26)24-9-6-11-28-4-2/h3,5,7-8,12-13H,1,4,6,9-11H2,2H3,(H,24,26). The Labute approximate surface area is 181 Å². The summed E-state index contributed by atoms with van der Waals surface area (Å²) in [5.41, 5.74) is 0.495. The lowest BCUT2D eigenvalue weighted by atomic mass is 10.2. The maximum atomic E-state index is 12.9. The van der Waals surface area contributed by atoms with Gasteiger partial charge in [-0.2, -0.15) is 5.26 Å². The Bertz CT molecular complexity index is 1100. The molecule has 6 nitrogen and oxygen atoms in total. The Morgan fingerprint density at radius 1 is 1.48 bits per heavy atom. The van der Waals surface area contributed by atoms with E-state index in [9.17, 15) is 14.9 Å². The van der Waals surface area contributed by atoms with E-state index in [2.05, 4.69) is 27.8 Å². The van der Waals surface area contributed by atoms with Crippen LogP contribution in [0.5, 0.6) is 0 Å². The van der Waals surface area contributed by atoms with Gasteiger partial charge < -0.3 is 10.1 Å². The second-order valence-corrected chi connectivity index (χ2v) is 7.91. The van der Waals surface area contributed by atoms with Crippen LogP contribution in [0.15, 0.2) is 46.2 Å². The topological polar surface area (TPSA) is 84.1 Å². The van der Waals surface area contributed by atoms with Crippen LogP contribution in [0.25, 0.3) is 11.6 Å². The van der Waals surface area contributed by atoms with Gasteiger partial charge >= 0.3 is 0 Å². The van der Waals surface area contributed by atoms with Crippen LogP contribution in [-0.2, 0) is 16.1 Å². The van der Waals surface area contributed by atoms with Gasteiger partial charge in [0, 0.05) is 30.8 Å². The van der Waals surface area contributed by atoms with Gasteiger partial charge in [-0.15, -0.1) is 17.9 Å². The molecule has 0 aliphatic rings. The zero-order valence-electron chi connectivity index (χ0n) is 16.1. The quantitative estimate of drug-likeness (QED) is 0.443. The summed E-state index contributed by atoms with van der Waals surface area (Å²) in [4.78, 5) is 25.4. The molecule has 1 N–H and O–H groups in total. The molecule has 2 rings (SSSR count). The van der Waals surface area contributed by atoms with Crippen molar-refractivity contribution >= 4 is 44.8 Å². The number of nitrogens with zero attached hydrogens (tertiary/aromatic N) is 2. The van der Waals surface area contributed by atoms with Gasteiger partial charge in [0.1, 0.15) is 10.7 Å². The van der Waals surface area contributed by atoms with Gasteiger partial charge in [0.05, 0.1) is 4.53 Å². The molecule has 0 saturated heterocycles. The number of carbonyl (C=O) groups is 1. The molecule has 0 saturated carbocycles. The molecule has 0 radical (unpaired) electrons. The normalized spacial score (nSPS) is 12.4. The molecule has 0 bridgehead atoms. The van der Waals surface area contributed by atoms with Gasteiger partial charge in [-0.25, -0.2) is 0 Å². The molecule has 1 aromatic heterocycles. The summed E-state index contributed by atoms with van der Waals surface area (Å²) in [5, 5.41) is 12.3. The maximum Gasteiger partial charge on any atom is 0.269 e. The smallest absolute Gasteiger partial charge is 0.269 e. The largest absolute Gasteiger partial charge is 0.382 e. The van der Waals surface area contributed by atoms with E-state index in [0.29, 0.717) is 35.4 Å². The number of ether oxygens (including phenoxy) is 1. The zero-order chi connectivity index (χ0) is 21.2. The van der Waals surface area contributed by atoms with E-state index in [1.54, 1.807) is 12.2 Å². The minimum absolute atomic E-state index is 0.0840. The van der Waals surface area contributed by atoms with Crippen molar-refractivity contribution < 1.29 is 9.53 Å². The molecular formula is C21H22BrN3O3S. The Balaban J connectivity index is 2.48. The molecule has 0 atom stereocenters. The fourth-order valence-electron chi connectivity index (χ4n) is 2.55. The molecule has 8 heteroatoms. The summed E-state index contributed by atoms with van der Waals surface area (Å²) in [6.07, 6.45) is 3.95. The molecule has 2 aromatic rings. The number of hydrogen-bond donors (Lipinski definition) is 1. The van der Waals surface area contributed by atoms with Crippen LogP contribution >= 0.6 is 27.3 Å². The summed E-state index contributed by atoms with van der Waals surface area (Å²) in [6.45, 7) is 7.32. The fourth-order valence-corrected chi connectivity index (χ4v) is 4.08. The van der Waals surface area contributed by atoms with Gasteiger partial charge in [-0.1, -0.05) is 34.1 Å².